The van der Waals surface area contributed by atoms with E-state index in [4.69, 9.17) is 4.74 Å². The molecule has 6 nitrogen and oxygen atoms in total. The average molecular weight is 441 g/mol. The Hall–Kier alpha value is -2.06. The van der Waals surface area contributed by atoms with Crippen LogP contribution in [-0.4, -0.2) is 33.7 Å². The first-order valence-corrected chi connectivity index (χ1v) is 10.7. The summed E-state index contributed by atoms with van der Waals surface area (Å²) in [6, 6.07) is 14.2. The Kier molecular flexibility index (Phi) is 7.05. The van der Waals surface area contributed by atoms with Gasteiger partial charge in [-0.2, -0.15) is 0 Å². The average Bonchev–Trinajstić information content (AvgIpc) is 2.57. The smallest absolute Gasteiger partial charge is 0.241 e. The Morgan fingerprint density at radius 2 is 1.92 bits per heavy atom. The molecule has 0 aromatic heterocycles. The van der Waals surface area contributed by atoms with Crippen molar-refractivity contribution in [3.05, 3.63) is 58.6 Å². The van der Waals surface area contributed by atoms with Gasteiger partial charge in [0.1, 0.15) is 12.3 Å². The molecule has 140 valence electrons. The number of sulfonamides is 1. The van der Waals surface area contributed by atoms with E-state index in [1.54, 1.807) is 24.3 Å². The molecule has 0 unspecified atom stereocenters. The van der Waals surface area contributed by atoms with Gasteiger partial charge < -0.3 is 10.1 Å². The van der Waals surface area contributed by atoms with Crippen molar-refractivity contribution in [2.75, 3.05) is 23.7 Å². The van der Waals surface area contributed by atoms with Gasteiger partial charge in [0, 0.05) is 11.0 Å². The number of nitrogens with one attached hydrogen (secondary N) is 1. The second-order valence-electron chi connectivity index (χ2n) is 5.61. The number of amides is 1. The first-order chi connectivity index (χ1) is 12.3. The normalized spacial score (nSPS) is 11.0. The van der Waals surface area contributed by atoms with Gasteiger partial charge in [0.05, 0.1) is 18.6 Å². The van der Waals surface area contributed by atoms with E-state index in [0.717, 1.165) is 26.3 Å². The molecular formula is C18H21BrN2O4S. The second kappa shape index (κ2) is 9.05. The molecule has 1 amide bonds. The molecule has 0 radical (unpaired) electrons. The Morgan fingerprint density at radius 1 is 1.19 bits per heavy atom. The number of carbonyl (C=O) groups is 1. The molecule has 0 aliphatic rings. The molecule has 1 N–H and O–H groups in total. The van der Waals surface area contributed by atoms with E-state index in [-0.39, 0.29) is 13.1 Å². The van der Waals surface area contributed by atoms with Crippen molar-refractivity contribution in [1.82, 2.24) is 5.32 Å². The lowest BCUT2D eigenvalue weighted by Crippen LogP contribution is -2.40. The molecule has 0 spiro atoms. The summed E-state index contributed by atoms with van der Waals surface area (Å²) >= 11 is 3.31. The molecule has 0 heterocycles. The van der Waals surface area contributed by atoms with E-state index >= 15 is 0 Å². The number of benzene rings is 2. The monoisotopic (exact) mass is 440 g/mol. The van der Waals surface area contributed by atoms with Gasteiger partial charge in [0.2, 0.25) is 15.9 Å². The molecule has 2 aromatic rings. The summed E-state index contributed by atoms with van der Waals surface area (Å²) < 4.78 is 31.4. The Balaban J connectivity index is 2.05. The maximum atomic E-state index is 12.3. The third-order valence-electron chi connectivity index (χ3n) is 3.48. The largest absolute Gasteiger partial charge is 0.494 e. The maximum Gasteiger partial charge on any atom is 0.241 e. The third-order valence-corrected chi connectivity index (χ3v) is 5.12. The molecular weight excluding hydrogens is 420 g/mol. The van der Waals surface area contributed by atoms with Crippen molar-refractivity contribution in [3.8, 4) is 5.75 Å². The molecule has 2 rings (SSSR count). The SMILES string of the molecule is CCOc1cccc(CNC(=O)CN(c2cccc(Br)c2)S(C)(=O)=O)c1. The van der Waals surface area contributed by atoms with Crippen LogP contribution in [-0.2, 0) is 21.4 Å². The molecule has 0 atom stereocenters. The van der Waals surface area contributed by atoms with Crippen molar-refractivity contribution < 1.29 is 17.9 Å². The third kappa shape index (κ3) is 6.03. The predicted molar refractivity (Wildman–Crippen MR) is 106 cm³/mol. The summed E-state index contributed by atoms with van der Waals surface area (Å²) in [6.07, 6.45) is 1.08. The number of hydrogen-bond donors (Lipinski definition) is 1. The summed E-state index contributed by atoms with van der Waals surface area (Å²) in [5.41, 5.74) is 1.30. The fourth-order valence-corrected chi connectivity index (χ4v) is 3.57. The second-order valence-corrected chi connectivity index (χ2v) is 8.43. The number of halogens is 1. The van der Waals surface area contributed by atoms with Gasteiger partial charge >= 0.3 is 0 Å². The zero-order valence-corrected chi connectivity index (χ0v) is 17.0. The summed E-state index contributed by atoms with van der Waals surface area (Å²) in [6.45, 7) is 2.46. The lowest BCUT2D eigenvalue weighted by molar-refractivity contribution is -0.119. The highest BCUT2D eigenvalue weighted by atomic mass is 79.9. The van der Waals surface area contributed by atoms with Gasteiger partial charge in [-0.1, -0.05) is 34.1 Å². The minimum Gasteiger partial charge on any atom is -0.494 e. The van der Waals surface area contributed by atoms with Gasteiger partial charge in [-0.25, -0.2) is 8.42 Å². The van der Waals surface area contributed by atoms with Crippen LogP contribution in [0.1, 0.15) is 12.5 Å². The molecule has 0 saturated carbocycles. The van der Waals surface area contributed by atoms with Crippen LogP contribution in [0.4, 0.5) is 5.69 Å². The molecule has 0 fully saturated rings. The standard InChI is InChI=1S/C18H21BrN2O4S/c1-3-25-17-9-4-6-14(10-17)12-20-18(22)13-21(26(2,23)24)16-8-5-7-15(19)11-16/h4-11H,3,12-13H2,1-2H3,(H,20,22). The fraction of sp³-hybridized carbons (Fsp3) is 0.278. The number of rotatable bonds is 8. The van der Waals surface area contributed by atoms with Crippen LogP contribution in [0.25, 0.3) is 0 Å². The molecule has 0 aliphatic carbocycles. The maximum absolute atomic E-state index is 12.3. The number of hydrogen-bond acceptors (Lipinski definition) is 4. The van der Waals surface area contributed by atoms with Crippen LogP contribution in [0.2, 0.25) is 0 Å². The summed E-state index contributed by atoms with van der Waals surface area (Å²) in [5, 5.41) is 2.74. The Bertz CT molecular complexity index is 871. The fourth-order valence-electron chi connectivity index (χ4n) is 2.33. The highest BCUT2D eigenvalue weighted by Crippen LogP contribution is 2.22. The van der Waals surface area contributed by atoms with Crippen molar-refractivity contribution in [2.45, 2.75) is 13.5 Å². The lowest BCUT2D eigenvalue weighted by Gasteiger charge is -2.22. The highest BCUT2D eigenvalue weighted by molar-refractivity contribution is 9.10. The summed E-state index contributed by atoms with van der Waals surface area (Å²) in [4.78, 5) is 12.3. The minimum absolute atomic E-state index is 0.288. The van der Waals surface area contributed by atoms with Gasteiger partial charge in [0.25, 0.3) is 0 Å². The number of ether oxygens (including phenoxy) is 1. The molecule has 26 heavy (non-hydrogen) atoms. The quantitative estimate of drug-likeness (QED) is 0.684. The van der Waals surface area contributed by atoms with Crippen molar-refractivity contribution in [1.29, 1.82) is 0 Å². The van der Waals surface area contributed by atoms with Crippen LogP contribution in [0.3, 0.4) is 0 Å². The summed E-state index contributed by atoms with van der Waals surface area (Å²) in [5.74, 6) is 0.336. The Morgan fingerprint density at radius 3 is 2.58 bits per heavy atom. The van der Waals surface area contributed by atoms with Crippen molar-refractivity contribution in [2.24, 2.45) is 0 Å². The molecule has 2 aromatic carbocycles. The van der Waals surface area contributed by atoms with E-state index in [0.29, 0.717) is 12.3 Å². The lowest BCUT2D eigenvalue weighted by atomic mass is 10.2. The molecule has 8 heteroatoms. The first-order valence-electron chi connectivity index (χ1n) is 8.01. The van der Waals surface area contributed by atoms with Gasteiger partial charge in [-0.05, 0) is 42.8 Å². The van der Waals surface area contributed by atoms with E-state index in [2.05, 4.69) is 21.2 Å². The van der Waals surface area contributed by atoms with Gasteiger partial charge in [-0.3, -0.25) is 9.10 Å². The van der Waals surface area contributed by atoms with Gasteiger partial charge in [-0.15, -0.1) is 0 Å². The number of anilines is 1. The highest BCUT2D eigenvalue weighted by Gasteiger charge is 2.20. The van der Waals surface area contributed by atoms with Crippen molar-refractivity contribution >= 4 is 37.5 Å². The summed E-state index contributed by atoms with van der Waals surface area (Å²) in [7, 11) is -3.60. The van der Waals surface area contributed by atoms with Crippen molar-refractivity contribution in [3.63, 3.8) is 0 Å². The van der Waals surface area contributed by atoms with Crippen LogP contribution in [0.15, 0.2) is 53.0 Å². The molecule has 0 aliphatic heterocycles. The van der Waals surface area contributed by atoms with Gasteiger partial charge in [0.15, 0.2) is 0 Å². The zero-order chi connectivity index (χ0) is 19.2. The van der Waals surface area contributed by atoms with Crippen LogP contribution in [0.5, 0.6) is 5.75 Å². The first kappa shape index (κ1) is 20.3. The van der Waals surface area contributed by atoms with E-state index in [1.807, 2.05) is 31.2 Å². The minimum atomic E-state index is -3.60. The van der Waals surface area contributed by atoms with E-state index in [9.17, 15) is 13.2 Å². The zero-order valence-electron chi connectivity index (χ0n) is 14.6. The topological polar surface area (TPSA) is 75.7 Å². The van der Waals surface area contributed by atoms with E-state index < -0.39 is 15.9 Å². The van der Waals surface area contributed by atoms with Crippen LogP contribution >= 0.6 is 15.9 Å². The molecule has 0 saturated heterocycles. The Labute approximate surface area is 162 Å². The molecule has 0 bridgehead atoms. The van der Waals surface area contributed by atoms with Crippen LogP contribution in [0, 0.1) is 0 Å². The van der Waals surface area contributed by atoms with Crippen LogP contribution < -0.4 is 14.4 Å². The number of nitrogens with zero attached hydrogens (tertiary/aromatic N) is 1. The van der Waals surface area contributed by atoms with E-state index in [1.165, 1.54) is 0 Å². The number of carbonyl (C=O) groups excluding carboxylic acids is 1. The predicted octanol–water partition coefficient (Wildman–Crippen LogP) is 2.93.